The van der Waals surface area contributed by atoms with E-state index in [2.05, 4.69) is 59.4 Å². The highest BCUT2D eigenvalue weighted by Gasteiger charge is 2.28. The molecule has 2 rings (SSSR count). The molecule has 1 heterocycles. The van der Waals surface area contributed by atoms with Crippen molar-refractivity contribution in [3.8, 4) is 0 Å². The molecule has 1 saturated heterocycles. The predicted octanol–water partition coefficient (Wildman–Crippen LogP) is 3.17. The SMILES string of the molecule is CCNC(=NCCC(=O)N(C)C)N1CCC(c2ccccc2)C(C)C1.I. The molecule has 2 unspecified atom stereocenters. The molecule has 2 atom stereocenters. The standard InChI is InChI=1S/C20H32N4O.HI/c1-5-21-20(22-13-11-19(25)23(3)4)24-14-12-18(16(2)15-24)17-9-7-6-8-10-17;/h6-10,16,18H,5,11-15H2,1-4H3,(H,21,22);1H. The molecule has 1 aliphatic heterocycles. The van der Waals surface area contributed by atoms with Gasteiger partial charge < -0.3 is 15.1 Å². The normalized spacial score (nSPS) is 20.3. The number of halogens is 1. The molecule has 26 heavy (non-hydrogen) atoms. The number of nitrogens with one attached hydrogen (secondary N) is 1. The molecule has 146 valence electrons. The van der Waals surface area contributed by atoms with Gasteiger partial charge in [0.2, 0.25) is 5.91 Å². The van der Waals surface area contributed by atoms with Crippen LogP contribution >= 0.6 is 24.0 Å². The van der Waals surface area contributed by atoms with Crippen LogP contribution in [-0.4, -0.2) is 61.9 Å². The lowest BCUT2D eigenvalue weighted by Crippen LogP contribution is -2.48. The first-order chi connectivity index (χ1) is 12.0. The van der Waals surface area contributed by atoms with E-state index in [1.54, 1.807) is 19.0 Å². The number of benzene rings is 1. The molecule has 1 aliphatic rings. The first kappa shape index (κ1) is 22.7. The van der Waals surface area contributed by atoms with Gasteiger partial charge in [0.05, 0.1) is 6.54 Å². The number of nitrogens with zero attached hydrogens (tertiary/aromatic N) is 3. The van der Waals surface area contributed by atoms with Gasteiger partial charge in [-0.3, -0.25) is 9.79 Å². The Morgan fingerprint density at radius 2 is 2.00 bits per heavy atom. The summed E-state index contributed by atoms with van der Waals surface area (Å²) in [4.78, 5) is 20.4. The van der Waals surface area contributed by atoms with E-state index in [0.717, 1.165) is 32.0 Å². The summed E-state index contributed by atoms with van der Waals surface area (Å²) in [5.41, 5.74) is 1.44. The number of guanidine groups is 1. The van der Waals surface area contributed by atoms with Crippen LogP contribution in [0.3, 0.4) is 0 Å². The minimum atomic E-state index is 0. The molecule has 1 aromatic rings. The first-order valence-electron chi connectivity index (χ1n) is 9.31. The van der Waals surface area contributed by atoms with E-state index in [-0.39, 0.29) is 29.9 Å². The van der Waals surface area contributed by atoms with Gasteiger partial charge in [0.1, 0.15) is 0 Å². The van der Waals surface area contributed by atoms with Crippen molar-refractivity contribution in [2.75, 3.05) is 40.3 Å². The minimum absolute atomic E-state index is 0. The summed E-state index contributed by atoms with van der Waals surface area (Å²) < 4.78 is 0. The average Bonchev–Trinajstić information content (AvgIpc) is 2.61. The summed E-state index contributed by atoms with van der Waals surface area (Å²) in [6.45, 7) is 7.77. The van der Waals surface area contributed by atoms with Crippen LogP contribution < -0.4 is 5.32 Å². The van der Waals surface area contributed by atoms with E-state index in [1.807, 2.05) is 0 Å². The molecule has 0 aliphatic carbocycles. The Morgan fingerprint density at radius 3 is 2.58 bits per heavy atom. The molecule has 0 aromatic heterocycles. The molecular weight excluding hydrogens is 439 g/mol. The second-order valence-electron chi connectivity index (χ2n) is 7.00. The predicted molar refractivity (Wildman–Crippen MR) is 119 cm³/mol. The third-order valence-electron chi connectivity index (χ3n) is 4.85. The van der Waals surface area contributed by atoms with Crippen molar-refractivity contribution in [2.24, 2.45) is 10.9 Å². The molecule has 5 nitrogen and oxygen atoms in total. The smallest absolute Gasteiger partial charge is 0.223 e. The maximum atomic E-state index is 11.7. The van der Waals surface area contributed by atoms with Gasteiger partial charge in [-0.05, 0) is 30.7 Å². The fourth-order valence-corrected chi connectivity index (χ4v) is 3.44. The second-order valence-corrected chi connectivity index (χ2v) is 7.00. The van der Waals surface area contributed by atoms with Gasteiger partial charge in [0, 0.05) is 40.2 Å². The quantitative estimate of drug-likeness (QED) is 0.407. The Balaban J connectivity index is 0.00000338. The van der Waals surface area contributed by atoms with Crippen LogP contribution in [0.25, 0.3) is 0 Å². The number of rotatable bonds is 5. The molecule has 0 spiro atoms. The molecule has 0 saturated carbocycles. The lowest BCUT2D eigenvalue weighted by Gasteiger charge is -2.39. The molecule has 1 N–H and O–H groups in total. The van der Waals surface area contributed by atoms with E-state index in [9.17, 15) is 4.79 Å². The van der Waals surface area contributed by atoms with Crippen LogP contribution in [0.1, 0.15) is 38.2 Å². The van der Waals surface area contributed by atoms with Crippen LogP contribution in [0.15, 0.2) is 35.3 Å². The topological polar surface area (TPSA) is 47.9 Å². The summed E-state index contributed by atoms with van der Waals surface area (Å²) in [5, 5.41) is 3.38. The molecule has 1 amide bonds. The summed E-state index contributed by atoms with van der Waals surface area (Å²) in [7, 11) is 3.57. The molecule has 0 bridgehead atoms. The van der Waals surface area contributed by atoms with Gasteiger partial charge in [-0.1, -0.05) is 37.3 Å². The van der Waals surface area contributed by atoms with Crippen LogP contribution in [0, 0.1) is 5.92 Å². The number of likely N-dealkylation sites (tertiary alicyclic amines) is 1. The molecule has 0 radical (unpaired) electrons. The van der Waals surface area contributed by atoms with Crippen LogP contribution in [-0.2, 0) is 4.79 Å². The number of hydrogen-bond acceptors (Lipinski definition) is 2. The summed E-state index contributed by atoms with van der Waals surface area (Å²) in [6.07, 6.45) is 1.59. The number of aliphatic imine (C=N–C) groups is 1. The zero-order chi connectivity index (χ0) is 18.2. The Hall–Kier alpha value is -1.31. The Kier molecular flexibility index (Phi) is 9.98. The van der Waals surface area contributed by atoms with Crippen molar-refractivity contribution < 1.29 is 4.79 Å². The monoisotopic (exact) mass is 472 g/mol. The van der Waals surface area contributed by atoms with Crippen LogP contribution in [0.4, 0.5) is 0 Å². The lowest BCUT2D eigenvalue weighted by atomic mass is 9.82. The number of amides is 1. The van der Waals surface area contributed by atoms with E-state index in [4.69, 9.17) is 0 Å². The average molecular weight is 472 g/mol. The highest BCUT2D eigenvalue weighted by molar-refractivity contribution is 14.0. The van der Waals surface area contributed by atoms with Gasteiger partial charge in [-0.2, -0.15) is 0 Å². The number of hydrogen-bond donors (Lipinski definition) is 1. The number of carbonyl (C=O) groups is 1. The van der Waals surface area contributed by atoms with Crippen LogP contribution in [0.5, 0.6) is 0 Å². The third kappa shape index (κ3) is 6.45. The Bertz CT molecular complexity index is 576. The number of carbonyl (C=O) groups excluding carboxylic acids is 1. The van der Waals surface area contributed by atoms with E-state index < -0.39 is 0 Å². The maximum absolute atomic E-state index is 11.7. The van der Waals surface area contributed by atoms with Gasteiger partial charge >= 0.3 is 0 Å². The zero-order valence-electron chi connectivity index (χ0n) is 16.4. The van der Waals surface area contributed by atoms with Gasteiger partial charge in [0.25, 0.3) is 0 Å². The molecule has 1 aromatic carbocycles. The highest BCUT2D eigenvalue weighted by atomic mass is 127. The Morgan fingerprint density at radius 1 is 1.31 bits per heavy atom. The van der Waals surface area contributed by atoms with E-state index >= 15 is 0 Å². The fourth-order valence-electron chi connectivity index (χ4n) is 3.44. The number of piperidine rings is 1. The van der Waals surface area contributed by atoms with Crippen molar-refractivity contribution >= 4 is 35.8 Å². The highest BCUT2D eigenvalue weighted by Crippen LogP contribution is 2.32. The fraction of sp³-hybridized carbons (Fsp3) is 0.600. The van der Waals surface area contributed by atoms with Crippen molar-refractivity contribution in [2.45, 2.75) is 32.6 Å². The molecule has 1 fully saturated rings. The largest absolute Gasteiger partial charge is 0.357 e. The van der Waals surface area contributed by atoms with Crippen molar-refractivity contribution in [1.82, 2.24) is 15.1 Å². The maximum Gasteiger partial charge on any atom is 0.223 e. The van der Waals surface area contributed by atoms with Crippen molar-refractivity contribution in [3.05, 3.63) is 35.9 Å². The first-order valence-corrected chi connectivity index (χ1v) is 9.31. The van der Waals surface area contributed by atoms with Crippen molar-refractivity contribution in [3.63, 3.8) is 0 Å². The minimum Gasteiger partial charge on any atom is -0.357 e. The lowest BCUT2D eigenvalue weighted by molar-refractivity contribution is -0.128. The summed E-state index contributed by atoms with van der Waals surface area (Å²) >= 11 is 0. The summed E-state index contributed by atoms with van der Waals surface area (Å²) in [6, 6.07) is 10.8. The zero-order valence-corrected chi connectivity index (χ0v) is 18.8. The molecular formula is C20H33IN4O. The third-order valence-corrected chi connectivity index (χ3v) is 4.85. The molecule has 6 heteroatoms. The van der Waals surface area contributed by atoms with Gasteiger partial charge in [-0.15, -0.1) is 24.0 Å². The van der Waals surface area contributed by atoms with E-state index in [1.165, 1.54) is 5.56 Å². The Labute approximate surface area is 175 Å². The van der Waals surface area contributed by atoms with Gasteiger partial charge in [0.15, 0.2) is 5.96 Å². The van der Waals surface area contributed by atoms with Crippen LogP contribution in [0.2, 0.25) is 0 Å². The van der Waals surface area contributed by atoms with E-state index in [0.29, 0.717) is 24.8 Å². The second kappa shape index (κ2) is 11.4. The van der Waals surface area contributed by atoms with Gasteiger partial charge in [-0.25, -0.2) is 0 Å². The van der Waals surface area contributed by atoms with Crippen molar-refractivity contribution in [1.29, 1.82) is 0 Å². The summed E-state index contributed by atoms with van der Waals surface area (Å²) in [5.74, 6) is 2.24.